The van der Waals surface area contributed by atoms with Crippen LogP contribution in [-0.4, -0.2) is 4.57 Å². The number of hydrogen-bond donors (Lipinski definition) is 0. The Morgan fingerprint density at radius 1 is 0.578 bits per heavy atom. The van der Waals surface area contributed by atoms with Crippen molar-refractivity contribution in [1.29, 1.82) is 0 Å². The van der Waals surface area contributed by atoms with Crippen molar-refractivity contribution in [2.45, 2.75) is 56.3 Å². The second-order valence-electron chi connectivity index (χ2n) is 17.7. The molecule has 0 fully saturated rings. The topological polar surface area (TPSA) is 8.17 Å². The maximum absolute atomic E-state index is 2.57. The molecule has 0 aliphatic heterocycles. The smallest absolute Gasteiger partial charge is 0.0540 e. The van der Waals surface area contributed by atoms with E-state index in [1.807, 2.05) is 11.3 Å². The normalized spacial score (nSPS) is 19.2. The van der Waals surface area contributed by atoms with Crippen molar-refractivity contribution in [2.75, 3.05) is 4.90 Å². The molecule has 12 rings (SSSR count). The third kappa shape index (κ3) is 7.05. The average molecular weight is 843 g/mol. The monoisotopic (exact) mass is 842 g/mol. The van der Waals surface area contributed by atoms with Crippen LogP contribution in [0.15, 0.2) is 212 Å². The van der Waals surface area contributed by atoms with Crippen molar-refractivity contribution in [3.63, 3.8) is 0 Å². The van der Waals surface area contributed by atoms with E-state index in [1.54, 1.807) is 0 Å². The van der Waals surface area contributed by atoms with Crippen LogP contribution in [0.2, 0.25) is 0 Å². The fourth-order valence-electron chi connectivity index (χ4n) is 10.7. The molecule has 0 spiro atoms. The Hall–Kier alpha value is -6.94. The zero-order valence-electron chi connectivity index (χ0n) is 36.0. The number of allylic oxidation sites excluding steroid dienone is 12. The highest BCUT2D eigenvalue weighted by Crippen LogP contribution is 2.44. The Bertz CT molecular complexity index is 3270. The SMILES string of the molecule is C1=CCC(c2ccc(N(C3=CC(c4cccc5c4c4c(n5-c5ccc6c(c5)sc5ccccc56)C=CCC4)CCC=C3)c3ccc(C4C=CC(c5ccccc5)=CC4)cc3)cc2)C=C1. The molecule has 3 unspecified atom stereocenters. The molecule has 0 N–H and O–H groups in total. The van der Waals surface area contributed by atoms with E-state index in [2.05, 4.69) is 222 Å². The molecular weight excluding hydrogens is 793 g/mol. The Morgan fingerprint density at radius 2 is 1.34 bits per heavy atom. The van der Waals surface area contributed by atoms with Gasteiger partial charge in [0.2, 0.25) is 0 Å². The molecular formula is C61H50N2S. The molecule has 2 nitrogen and oxygen atoms in total. The summed E-state index contributed by atoms with van der Waals surface area (Å²) in [6, 6.07) is 52.4. The molecule has 3 heteroatoms. The molecule has 0 saturated heterocycles. The van der Waals surface area contributed by atoms with E-state index in [0.717, 1.165) is 38.5 Å². The van der Waals surface area contributed by atoms with Crippen molar-refractivity contribution in [3.8, 4) is 5.69 Å². The summed E-state index contributed by atoms with van der Waals surface area (Å²) in [4.78, 5) is 2.49. The minimum atomic E-state index is 0.239. The first-order chi connectivity index (χ1) is 31.7. The third-order valence-corrected chi connectivity index (χ3v) is 15.1. The van der Waals surface area contributed by atoms with E-state index in [-0.39, 0.29) is 5.92 Å². The van der Waals surface area contributed by atoms with Gasteiger partial charge >= 0.3 is 0 Å². The lowest BCUT2D eigenvalue weighted by molar-refractivity contribution is 0.758. The fourth-order valence-corrected chi connectivity index (χ4v) is 11.8. The highest BCUT2D eigenvalue weighted by Gasteiger charge is 2.26. The van der Waals surface area contributed by atoms with Gasteiger partial charge in [-0.3, -0.25) is 0 Å². The van der Waals surface area contributed by atoms with Gasteiger partial charge in [-0.2, -0.15) is 0 Å². The molecule has 4 aliphatic rings. The molecule has 3 atom stereocenters. The van der Waals surface area contributed by atoms with Crippen molar-refractivity contribution < 1.29 is 0 Å². The minimum absolute atomic E-state index is 0.239. The van der Waals surface area contributed by atoms with E-state index in [0.29, 0.717) is 11.8 Å². The first kappa shape index (κ1) is 38.7. The van der Waals surface area contributed by atoms with Crippen LogP contribution in [0, 0.1) is 0 Å². The number of rotatable bonds is 8. The fraction of sp³-hybridized carbons (Fsp3) is 0.148. The average Bonchev–Trinajstić information content (AvgIpc) is 3.80. The molecule has 0 saturated carbocycles. The highest BCUT2D eigenvalue weighted by molar-refractivity contribution is 7.25. The summed E-state index contributed by atoms with van der Waals surface area (Å²) in [6.07, 6.45) is 34.3. The Kier molecular flexibility index (Phi) is 10.1. The third-order valence-electron chi connectivity index (χ3n) is 13.9. The molecule has 2 heterocycles. The molecule has 4 aliphatic carbocycles. The lowest BCUT2D eigenvalue weighted by atomic mass is 9.88. The maximum atomic E-state index is 2.57. The summed E-state index contributed by atoms with van der Waals surface area (Å²) in [5.41, 5.74) is 15.7. The van der Waals surface area contributed by atoms with Gasteiger partial charge in [0.1, 0.15) is 0 Å². The molecule has 0 radical (unpaired) electrons. The number of benzene rings is 6. The predicted molar refractivity (Wildman–Crippen MR) is 274 cm³/mol. The van der Waals surface area contributed by atoms with Gasteiger partial charge in [-0.05, 0) is 133 Å². The zero-order chi connectivity index (χ0) is 42.4. The Morgan fingerprint density at radius 3 is 2.12 bits per heavy atom. The van der Waals surface area contributed by atoms with Crippen LogP contribution >= 0.6 is 11.3 Å². The largest absolute Gasteiger partial charge is 0.311 e. The minimum Gasteiger partial charge on any atom is -0.311 e. The van der Waals surface area contributed by atoms with E-state index < -0.39 is 0 Å². The van der Waals surface area contributed by atoms with Crippen LogP contribution in [0.25, 0.3) is 48.4 Å². The molecule has 0 bridgehead atoms. The van der Waals surface area contributed by atoms with Gasteiger partial charge in [-0.1, -0.05) is 152 Å². The van der Waals surface area contributed by atoms with Gasteiger partial charge in [0, 0.05) is 71.8 Å². The summed E-state index contributed by atoms with van der Waals surface area (Å²) < 4.78 is 5.22. The van der Waals surface area contributed by atoms with E-state index in [9.17, 15) is 0 Å². The lowest BCUT2D eigenvalue weighted by Gasteiger charge is -2.28. The second-order valence-corrected chi connectivity index (χ2v) is 18.8. The first-order valence-corrected chi connectivity index (χ1v) is 23.9. The number of fused-ring (bicyclic) bond motifs is 6. The lowest BCUT2D eigenvalue weighted by Crippen LogP contribution is -2.16. The number of nitrogens with zero attached hydrogens (tertiary/aromatic N) is 2. The number of aromatic nitrogens is 1. The van der Waals surface area contributed by atoms with Crippen LogP contribution in [0.3, 0.4) is 0 Å². The molecule has 64 heavy (non-hydrogen) atoms. The molecule has 310 valence electrons. The van der Waals surface area contributed by atoms with E-state index in [4.69, 9.17) is 0 Å². The summed E-state index contributed by atoms with van der Waals surface area (Å²) >= 11 is 1.90. The van der Waals surface area contributed by atoms with Crippen LogP contribution in [0.5, 0.6) is 0 Å². The number of aryl methyl sites for hydroxylation is 1. The summed E-state index contributed by atoms with van der Waals surface area (Å²) in [5.74, 6) is 1.00. The number of thiophene rings is 1. The maximum Gasteiger partial charge on any atom is 0.0540 e. The van der Waals surface area contributed by atoms with Gasteiger partial charge < -0.3 is 9.47 Å². The quantitative estimate of drug-likeness (QED) is 0.148. The summed E-state index contributed by atoms with van der Waals surface area (Å²) in [7, 11) is 0. The molecule has 6 aromatic carbocycles. The molecule has 8 aromatic rings. The van der Waals surface area contributed by atoms with Crippen LogP contribution in [0.1, 0.15) is 83.4 Å². The van der Waals surface area contributed by atoms with Crippen LogP contribution < -0.4 is 4.90 Å². The molecule has 2 aromatic heterocycles. The van der Waals surface area contributed by atoms with Crippen molar-refractivity contribution in [2.24, 2.45) is 0 Å². The van der Waals surface area contributed by atoms with Crippen molar-refractivity contribution in [1.82, 2.24) is 4.57 Å². The Labute approximate surface area is 380 Å². The number of anilines is 2. The predicted octanol–water partition coefficient (Wildman–Crippen LogP) is 16.8. The highest BCUT2D eigenvalue weighted by atomic mass is 32.1. The van der Waals surface area contributed by atoms with Gasteiger partial charge in [0.15, 0.2) is 0 Å². The molecule has 0 amide bonds. The summed E-state index contributed by atoms with van der Waals surface area (Å²) in [6.45, 7) is 0. The van der Waals surface area contributed by atoms with Crippen LogP contribution in [-0.2, 0) is 6.42 Å². The van der Waals surface area contributed by atoms with Crippen molar-refractivity contribution >= 4 is 65.4 Å². The van der Waals surface area contributed by atoms with Gasteiger partial charge in [-0.25, -0.2) is 0 Å². The van der Waals surface area contributed by atoms with Gasteiger partial charge in [-0.15, -0.1) is 11.3 Å². The summed E-state index contributed by atoms with van der Waals surface area (Å²) in [5, 5.41) is 4.11. The first-order valence-electron chi connectivity index (χ1n) is 23.1. The van der Waals surface area contributed by atoms with Gasteiger partial charge in [0.05, 0.1) is 5.52 Å². The second kappa shape index (κ2) is 16.6. The Balaban J connectivity index is 0.933. The van der Waals surface area contributed by atoms with Gasteiger partial charge in [0.25, 0.3) is 0 Å². The van der Waals surface area contributed by atoms with E-state index >= 15 is 0 Å². The number of hydrogen-bond acceptors (Lipinski definition) is 2. The zero-order valence-corrected chi connectivity index (χ0v) is 36.8. The van der Waals surface area contributed by atoms with Crippen LogP contribution in [0.4, 0.5) is 11.4 Å². The van der Waals surface area contributed by atoms with Crippen molar-refractivity contribution in [3.05, 3.63) is 246 Å². The standard InChI is InChI=1S/C61H50N2S/c1-3-14-42(15-4-1)44-26-28-45(29-27-44)47-32-36-50(37-33-47)62(49-34-30-46(31-35-49)43-16-5-2-6-17-43)51-19-8-7-18-48(40-51)53-22-13-24-58-61(53)56-21-9-11-23-57(56)63(58)52-38-39-55-54-20-10-12-25-59(54)64-60(55)41-52/h1-6,8,10-16,19-20,22-28,30-41,43,45,48H,7,9,17-18,21,29H2. The van der Waals surface area contributed by atoms with E-state index in [1.165, 1.54) is 92.9 Å².